The van der Waals surface area contributed by atoms with E-state index in [1.165, 1.54) is 38.6 Å². The Balaban J connectivity index is 2.06. The van der Waals surface area contributed by atoms with Crippen LogP contribution < -0.4 is 0 Å². The zero-order chi connectivity index (χ0) is 18.2. The maximum absolute atomic E-state index is 2.52. The Labute approximate surface area is 156 Å². The molecule has 1 aliphatic carbocycles. The van der Waals surface area contributed by atoms with E-state index in [4.69, 9.17) is 0 Å². The van der Waals surface area contributed by atoms with Crippen LogP contribution in [0.2, 0.25) is 0 Å². The van der Waals surface area contributed by atoms with Crippen molar-refractivity contribution in [1.29, 1.82) is 0 Å². The van der Waals surface area contributed by atoms with Crippen molar-refractivity contribution in [3.8, 4) is 0 Å². The lowest BCUT2D eigenvalue weighted by Gasteiger charge is -2.41. The Morgan fingerprint density at radius 2 is 1.32 bits per heavy atom. The van der Waals surface area contributed by atoms with Crippen LogP contribution in [0, 0.1) is 0 Å². The summed E-state index contributed by atoms with van der Waals surface area (Å²) < 4.78 is 2.87. The molecule has 2 aromatic carbocycles. The maximum Gasteiger partial charge on any atom is 0.0358 e. The van der Waals surface area contributed by atoms with Crippen LogP contribution in [0.3, 0.4) is 0 Å². The molecule has 1 aliphatic rings. The van der Waals surface area contributed by atoms with Gasteiger partial charge in [-0.25, -0.2) is 0 Å². The summed E-state index contributed by atoms with van der Waals surface area (Å²) in [6.45, 7) is 16.6. The highest BCUT2D eigenvalue weighted by molar-refractivity contribution is 7.25. The molecule has 3 aromatic rings. The molecule has 25 heavy (non-hydrogen) atoms. The van der Waals surface area contributed by atoms with Crippen LogP contribution >= 0.6 is 11.3 Å². The molecule has 0 spiro atoms. The first kappa shape index (κ1) is 17.1. The minimum Gasteiger partial charge on any atom is -0.135 e. The van der Waals surface area contributed by atoms with Gasteiger partial charge in [0.1, 0.15) is 0 Å². The highest BCUT2D eigenvalue weighted by atomic mass is 32.1. The van der Waals surface area contributed by atoms with E-state index in [9.17, 15) is 0 Å². The van der Waals surface area contributed by atoms with Gasteiger partial charge in [-0.3, -0.25) is 0 Å². The molecule has 0 atom stereocenters. The Hall–Kier alpha value is -1.34. The van der Waals surface area contributed by atoms with Crippen molar-refractivity contribution >= 4 is 31.5 Å². The Morgan fingerprint density at radius 3 is 1.92 bits per heavy atom. The molecule has 132 valence electrons. The van der Waals surface area contributed by atoms with Gasteiger partial charge in [0.2, 0.25) is 0 Å². The minimum atomic E-state index is 0.192. The lowest BCUT2D eigenvalue weighted by atomic mass is 9.63. The molecule has 1 aromatic heterocycles. The predicted octanol–water partition coefficient (Wildman–Crippen LogP) is 7.70. The van der Waals surface area contributed by atoms with Gasteiger partial charge in [0.05, 0.1) is 0 Å². The van der Waals surface area contributed by atoms with Crippen LogP contribution in [0.5, 0.6) is 0 Å². The van der Waals surface area contributed by atoms with Crippen molar-refractivity contribution < 1.29 is 0 Å². The monoisotopic (exact) mass is 350 g/mol. The van der Waals surface area contributed by atoms with Crippen molar-refractivity contribution in [2.24, 2.45) is 0 Å². The second-order valence-electron chi connectivity index (χ2n) is 10.2. The number of benzene rings is 2. The second-order valence-corrected chi connectivity index (χ2v) is 11.3. The number of fused-ring (bicyclic) bond motifs is 4. The van der Waals surface area contributed by atoms with E-state index in [0.29, 0.717) is 0 Å². The van der Waals surface area contributed by atoms with Gasteiger partial charge in [-0.1, -0.05) is 54.5 Å². The molecule has 0 unspecified atom stereocenters. The van der Waals surface area contributed by atoms with E-state index in [2.05, 4.69) is 78.8 Å². The summed E-state index contributed by atoms with van der Waals surface area (Å²) >= 11 is 1.95. The molecule has 4 rings (SSSR count). The summed E-state index contributed by atoms with van der Waals surface area (Å²) in [5.41, 5.74) is 5.31. The summed E-state index contributed by atoms with van der Waals surface area (Å²) in [6.07, 6.45) is 2.55. The van der Waals surface area contributed by atoms with E-state index in [0.717, 1.165) is 0 Å². The summed E-state index contributed by atoms with van der Waals surface area (Å²) in [6, 6.07) is 12.1. The molecule has 1 heterocycles. The fourth-order valence-corrected chi connectivity index (χ4v) is 5.41. The summed E-state index contributed by atoms with van der Waals surface area (Å²) in [5.74, 6) is 0. The molecular weight excluding hydrogens is 320 g/mol. The molecule has 0 aliphatic heterocycles. The topological polar surface area (TPSA) is 0 Å². The molecule has 0 saturated heterocycles. The van der Waals surface area contributed by atoms with Crippen molar-refractivity contribution in [2.45, 2.75) is 77.6 Å². The van der Waals surface area contributed by atoms with Gasteiger partial charge >= 0.3 is 0 Å². The molecule has 0 radical (unpaired) electrons. The lowest BCUT2D eigenvalue weighted by Crippen LogP contribution is -2.33. The van der Waals surface area contributed by atoms with Crippen LogP contribution in [0.4, 0.5) is 0 Å². The normalized spacial score (nSPS) is 19.3. The van der Waals surface area contributed by atoms with E-state index >= 15 is 0 Å². The standard InChI is InChI=1S/C24H30S/c1-22(2,3)15-8-9-20-16(12-15)17-13-18-19(14-21(17)25-20)24(6,7)11-10-23(18,4)5/h8-9,12-14H,10-11H2,1-7H3. The highest BCUT2D eigenvalue weighted by Crippen LogP contribution is 2.49. The van der Waals surface area contributed by atoms with Crippen LogP contribution in [0.1, 0.15) is 78.0 Å². The SMILES string of the molecule is CC(C)(C)c1ccc2sc3cc4c(cc3c2c1)C(C)(C)CCC4(C)C. The Bertz CT molecular complexity index is 977. The summed E-state index contributed by atoms with van der Waals surface area (Å²) in [5, 5.41) is 2.89. The molecule has 1 heteroatoms. The largest absolute Gasteiger partial charge is 0.135 e. The highest BCUT2D eigenvalue weighted by Gasteiger charge is 2.37. The number of rotatable bonds is 0. The van der Waals surface area contributed by atoms with Crippen molar-refractivity contribution in [1.82, 2.24) is 0 Å². The number of thiophene rings is 1. The van der Waals surface area contributed by atoms with Gasteiger partial charge < -0.3 is 0 Å². The maximum atomic E-state index is 2.52. The fourth-order valence-electron chi connectivity index (χ4n) is 4.30. The molecule has 0 saturated carbocycles. The van der Waals surface area contributed by atoms with Crippen LogP contribution in [0.15, 0.2) is 30.3 Å². The molecule has 0 fully saturated rings. The van der Waals surface area contributed by atoms with Gasteiger partial charge in [0.25, 0.3) is 0 Å². The van der Waals surface area contributed by atoms with Gasteiger partial charge in [-0.15, -0.1) is 11.3 Å². The molecule has 0 N–H and O–H groups in total. The van der Waals surface area contributed by atoms with Crippen molar-refractivity contribution in [3.05, 3.63) is 47.0 Å². The van der Waals surface area contributed by atoms with E-state index < -0.39 is 0 Å². The third-order valence-electron chi connectivity index (χ3n) is 6.31. The fraction of sp³-hybridized carbons (Fsp3) is 0.500. The Kier molecular flexibility index (Phi) is 3.49. The average molecular weight is 351 g/mol. The molecule has 0 bridgehead atoms. The molecule has 0 nitrogen and oxygen atoms in total. The smallest absolute Gasteiger partial charge is 0.0358 e. The first-order valence-electron chi connectivity index (χ1n) is 9.51. The minimum absolute atomic E-state index is 0.192. The predicted molar refractivity (Wildman–Crippen MR) is 113 cm³/mol. The van der Waals surface area contributed by atoms with Gasteiger partial charge in [-0.2, -0.15) is 0 Å². The zero-order valence-corrected chi connectivity index (χ0v) is 17.5. The first-order chi connectivity index (χ1) is 11.5. The molecular formula is C24H30S. The van der Waals surface area contributed by atoms with Crippen molar-refractivity contribution in [3.63, 3.8) is 0 Å². The van der Waals surface area contributed by atoms with Crippen LogP contribution in [0.25, 0.3) is 20.2 Å². The van der Waals surface area contributed by atoms with E-state index in [1.807, 2.05) is 11.3 Å². The van der Waals surface area contributed by atoms with Crippen molar-refractivity contribution in [2.75, 3.05) is 0 Å². The quantitative estimate of drug-likeness (QED) is 0.389. The third kappa shape index (κ3) is 2.63. The third-order valence-corrected chi connectivity index (χ3v) is 7.44. The number of hydrogen-bond acceptors (Lipinski definition) is 1. The Morgan fingerprint density at radius 1 is 0.760 bits per heavy atom. The van der Waals surface area contributed by atoms with E-state index in [1.54, 1.807) is 11.1 Å². The van der Waals surface area contributed by atoms with Gasteiger partial charge in [0, 0.05) is 20.2 Å². The lowest BCUT2D eigenvalue weighted by molar-refractivity contribution is 0.332. The van der Waals surface area contributed by atoms with Crippen LogP contribution in [-0.2, 0) is 16.2 Å². The van der Waals surface area contributed by atoms with E-state index in [-0.39, 0.29) is 16.2 Å². The first-order valence-corrected chi connectivity index (χ1v) is 10.3. The average Bonchev–Trinajstić information content (AvgIpc) is 2.87. The molecule has 0 amide bonds. The van der Waals surface area contributed by atoms with Crippen LogP contribution in [-0.4, -0.2) is 0 Å². The van der Waals surface area contributed by atoms with Gasteiger partial charge in [-0.05, 0) is 70.0 Å². The second kappa shape index (κ2) is 5.10. The summed E-state index contributed by atoms with van der Waals surface area (Å²) in [4.78, 5) is 0. The number of hydrogen-bond donors (Lipinski definition) is 0. The van der Waals surface area contributed by atoms with Gasteiger partial charge in [0.15, 0.2) is 0 Å². The zero-order valence-electron chi connectivity index (χ0n) is 16.7. The summed E-state index contributed by atoms with van der Waals surface area (Å²) in [7, 11) is 0.